The molecule has 1 atom stereocenters. The van der Waals surface area contributed by atoms with E-state index in [-0.39, 0.29) is 0 Å². The molecule has 2 aromatic rings. The van der Waals surface area contributed by atoms with E-state index in [0.717, 1.165) is 34.4 Å². The molecular formula is C32H39N3O6. The van der Waals surface area contributed by atoms with Crippen molar-refractivity contribution in [1.29, 1.82) is 5.26 Å². The predicted molar refractivity (Wildman–Crippen MR) is 154 cm³/mol. The number of benzene rings is 2. The number of fused-ring (bicyclic) bond motifs is 1. The SMILES string of the molecule is CN(C(=O)OC(C)(C)C)[C@H](CC(=O)O)C(=O)N1CCc2cc(OCc3ccc(C4CCCCC4)c(C#N)c3)ccc21. The van der Waals surface area contributed by atoms with Crippen LogP contribution in [-0.4, -0.2) is 53.2 Å². The summed E-state index contributed by atoms with van der Waals surface area (Å²) in [5.41, 5.74) is 3.55. The van der Waals surface area contributed by atoms with Gasteiger partial charge in [0.25, 0.3) is 5.91 Å². The molecule has 1 N–H and O–H groups in total. The number of rotatable bonds is 8. The van der Waals surface area contributed by atoms with Crippen LogP contribution >= 0.6 is 0 Å². The Hall–Kier alpha value is -4.06. The smallest absolute Gasteiger partial charge is 0.410 e. The zero-order chi connectivity index (χ0) is 29.7. The van der Waals surface area contributed by atoms with Crippen molar-refractivity contribution >= 4 is 23.7 Å². The molecule has 1 aliphatic heterocycles. The van der Waals surface area contributed by atoms with Gasteiger partial charge in [-0.15, -0.1) is 0 Å². The molecule has 0 saturated heterocycles. The number of aliphatic carboxylic acids is 1. The summed E-state index contributed by atoms with van der Waals surface area (Å²) in [7, 11) is 1.38. The Balaban J connectivity index is 1.44. The van der Waals surface area contributed by atoms with Gasteiger partial charge in [-0.25, -0.2) is 4.79 Å². The normalized spacial score (nSPS) is 15.9. The third kappa shape index (κ3) is 7.37. The van der Waals surface area contributed by atoms with E-state index >= 15 is 0 Å². The molecule has 0 aromatic heterocycles. The van der Waals surface area contributed by atoms with E-state index < -0.39 is 36.0 Å². The van der Waals surface area contributed by atoms with E-state index in [1.54, 1.807) is 32.9 Å². The van der Waals surface area contributed by atoms with Crippen molar-refractivity contribution in [1.82, 2.24) is 4.90 Å². The third-order valence-electron chi connectivity index (χ3n) is 7.70. The van der Waals surface area contributed by atoms with Crippen LogP contribution in [0.3, 0.4) is 0 Å². The second kappa shape index (κ2) is 12.6. The summed E-state index contributed by atoms with van der Waals surface area (Å²) in [5.74, 6) is -0.570. The van der Waals surface area contributed by atoms with E-state index in [9.17, 15) is 24.8 Å². The Bertz CT molecular complexity index is 1340. The highest BCUT2D eigenvalue weighted by Gasteiger charge is 2.37. The van der Waals surface area contributed by atoms with Crippen molar-refractivity contribution in [3.05, 3.63) is 58.7 Å². The first-order valence-electron chi connectivity index (χ1n) is 14.2. The van der Waals surface area contributed by atoms with Gasteiger partial charge in [0.05, 0.1) is 18.1 Å². The van der Waals surface area contributed by atoms with Crippen LogP contribution in [-0.2, 0) is 27.4 Å². The molecule has 0 bridgehead atoms. The molecule has 41 heavy (non-hydrogen) atoms. The highest BCUT2D eigenvalue weighted by Crippen LogP contribution is 2.35. The van der Waals surface area contributed by atoms with E-state index in [4.69, 9.17) is 9.47 Å². The number of carboxylic acid groups (broad SMARTS) is 1. The molecule has 9 nitrogen and oxygen atoms in total. The van der Waals surface area contributed by atoms with Gasteiger partial charge in [0.15, 0.2) is 0 Å². The molecule has 0 spiro atoms. The van der Waals surface area contributed by atoms with Crippen molar-refractivity contribution in [3.8, 4) is 11.8 Å². The van der Waals surface area contributed by atoms with Gasteiger partial charge in [0, 0.05) is 19.3 Å². The van der Waals surface area contributed by atoms with E-state index in [1.165, 1.54) is 31.2 Å². The van der Waals surface area contributed by atoms with Crippen molar-refractivity contribution in [2.45, 2.75) is 89.9 Å². The summed E-state index contributed by atoms with van der Waals surface area (Å²) in [4.78, 5) is 40.3. The molecule has 1 fully saturated rings. The number of anilines is 1. The molecule has 2 aliphatic rings. The van der Waals surface area contributed by atoms with Gasteiger partial charge in [-0.3, -0.25) is 14.5 Å². The van der Waals surface area contributed by atoms with Crippen LogP contribution in [0.4, 0.5) is 10.5 Å². The average Bonchev–Trinajstić information content (AvgIpc) is 3.36. The molecule has 4 rings (SSSR count). The quantitative estimate of drug-likeness (QED) is 0.433. The van der Waals surface area contributed by atoms with Crippen molar-refractivity contribution in [3.63, 3.8) is 0 Å². The number of carbonyl (C=O) groups excluding carboxylic acids is 2. The first-order valence-corrected chi connectivity index (χ1v) is 14.2. The highest BCUT2D eigenvalue weighted by molar-refractivity contribution is 6.01. The lowest BCUT2D eigenvalue weighted by molar-refractivity contribution is -0.140. The standard InChI is InChI=1S/C32H39N3O6/c1-32(2,3)41-31(39)34(4)28(18-29(36)37)30(38)35-15-14-23-17-25(11-13-27(23)35)40-20-21-10-12-26(24(16-21)19-33)22-8-6-5-7-9-22/h10-13,16-17,22,28H,5-9,14-15,18,20H2,1-4H3,(H,36,37)/t28-/m1/s1. The van der Waals surface area contributed by atoms with Crippen LogP contribution < -0.4 is 9.64 Å². The van der Waals surface area contributed by atoms with E-state index in [1.807, 2.05) is 18.2 Å². The average molecular weight is 562 g/mol. The maximum Gasteiger partial charge on any atom is 0.410 e. The number of carboxylic acids is 1. The Labute approximate surface area is 241 Å². The monoisotopic (exact) mass is 561 g/mol. The summed E-state index contributed by atoms with van der Waals surface area (Å²) >= 11 is 0. The number of nitrogens with zero attached hydrogens (tertiary/aromatic N) is 3. The Kier molecular flexibility index (Phi) is 9.21. The molecule has 2 aromatic carbocycles. The highest BCUT2D eigenvalue weighted by atomic mass is 16.6. The first-order chi connectivity index (χ1) is 19.5. The molecule has 9 heteroatoms. The minimum atomic E-state index is -1.21. The van der Waals surface area contributed by atoms with Gasteiger partial charge in [-0.1, -0.05) is 31.4 Å². The summed E-state index contributed by atoms with van der Waals surface area (Å²) in [6, 6.07) is 12.6. The van der Waals surface area contributed by atoms with Crippen molar-refractivity contribution in [2.75, 3.05) is 18.5 Å². The summed E-state index contributed by atoms with van der Waals surface area (Å²) in [6.45, 7) is 5.79. The summed E-state index contributed by atoms with van der Waals surface area (Å²) in [5, 5.41) is 19.2. The van der Waals surface area contributed by atoms with Crippen LogP contribution in [0, 0.1) is 11.3 Å². The lowest BCUT2D eigenvalue weighted by atomic mass is 9.82. The molecule has 0 unspecified atom stereocenters. The number of nitriles is 1. The lowest BCUT2D eigenvalue weighted by Crippen LogP contribution is -2.51. The molecular weight excluding hydrogens is 522 g/mol. The van der Waals surface area contributed by atoms with Gasteiger partial charge in [-0.2, -0.15) is 5.26 Å². The summed E-state index contributed by atoms with van der Waals surface area (Å²) < 4.78 is 11.4. The predicted octanol–water partition coefficient (Wildman–Crippen LogP) is 5.78. The molecule has 1 aliphatic carbocycles. The van der Waals surface area contributed by atoms with Crippen LogP contribution in [0.25, 0.3) is 0 Å². The molecule has 0 radical (unpaired) electrons. The molecule has 2 amide bonds. The first kappa shape index (κ1) is 29.9. The van der Waals surface area contributed by atoms with Crippen molar-refractivity contribution in [2.24, 2.45) is 0 Å². The fourth-order valence-corrected chi connectivity index (χ4v) is 5.62. The van der Waals surface area contributed by atoms with Crippen LogP contribution in [0.15, 0.2) is 36.4 Å². The number of hydrogen-bond acceptors (Lipinski definition) is 6. The number of hydrogen-bond donors (Lipinski definition) is 1. The topological polar surface area (TPSA) is 120 Å². The van der Waals surface area contributed by atoms with Gasteiger partial charge in [0.1, 0.15) is 24.0 Å². The van der Waals surface area contributed by atoms with E-state index in [2.05, 4.69) is 12.1 Å². The maximum absolute atomic E-state index is 13.5. The second-order valence-corrected chi connectivity index (χ2v) is 11.9. The summed E-state index contributed by atoms with van der Waals surface area (Å²) in [6.07, 6.45) is 5.23. The zero-order valence-corrected chi connectivity index (χ0v) is 24.3. The molecule has 218 valence electrons. The number of carbonyl (C=O) groups is 3. The van der Waals surface area contributed by atoms with Gasteiger partial charge in [-0.05, 0) is 86.9 Å². The second-order valence-electron chi connectivity index (χ2n) is 11.9. The van der Waals surface area contributed by atoms with Crippen LogP contribution in [0.1, 0.15) is 87.5 Å². The van der Waals surface area contributed by atoms with Gasteiger partial charge in [0.2, 0.25) is 0 Å². The lowest BCUT2D eigenvalue weighted by Gasteiger charge is -2.31. The van der Waals surface area contributed by atoms with Crippen LogP contribution in [0.5, 0.6) is 5.75 Å². The van der Waals surface area contributed by atoms with Crippen molar-refractivity contribution < 1.29 is 29.0 Å². The Morgan fingerprint density at radius 2 is 1.85 bits per heavy atom. The maximum atomic E-state index is 13.5. The van der Waals surface area contributed by atoms with Crippen LogP contribution in [0.2, 0.25) is 0 Å². The largest absolute Gasteiger partial charge is 0.489 e. The minimum Gasteiger partial charge on any atom is -0.489 e. The minimum absolute atomic E-state index is 0.308. The van der Waals surface area contributed by atoms with Gasteiger partial charge < -0.3 is 19.5 Å². The number of ether oxygens (including phenoxy) is 2. The van der Waals surface area contributed by atoms with E-state index in [0.29, 0.717) is 42.5 Å². The fraction of sp³-hybridized carbons (Fsp3) is 0.500. The van der Waals surface area contributed by atoms with Gasteiger partial charge >= 0.3 is 12.1 Å². The third-order valence-corrected chi connectivity index (χ3v) is 7.70. The number of likely N-dealkylation sites (N-methyl/N-ethyl adjacent to an activating group) is 1. The Morgan fingerprint density at radius 3 is 2.51 bits per heavy atom. The molecule has 1 saturated carbocycles. The number of amides is 2. The zero-order valence-electron chi connectivity index (χ0n) is 24.3. The Morgan fingerprint density at radius 1 is 1.12 bits per heavy atom. The fourth-order valence-electron chi connectivity index (χ4n) is 5.62. The molecule has 1 heterocycles.